The van der Waals surface area contributed by atoms with Crippen LogP contribution >= 0.6 is 11.8 Å². The quantitative estimate of drug-likeness (QED) is 0.748. The molecule has 2 N–H and O–H groups in total. The smallest absolute Gasteiger partial charge is 0.238 e. The summed E-state index contributed by atoms with van der Waals surface area (Å²) in [5.74, 6) is 1.88. The highest BCUT2D eigenvalue weighted by Gasteiger charge is 2.30. The fraction of sp³-hybridized carbons (Fsp3) is 0.917. The van der Waals surface area contributed by atoms with Gasteiger partial charge in [0.2, 0.25) is 5.91 Å². The summed E-state index contributed by atoms with van der Waals surface area (Å²) in [7, 11) is 0. The predicted molar refractivity (Wildman–Crippen MR) is 73.7 cm³/mol. The highest BCUT2D eigenvalue weighted by atomic mass is 32.2. The van der Waals surface area contributed by atoms with E-state index in [1.165, 1.54) is 0 Å². The third-order valence-electron chi connectivity index (χ3n) is 3.60. The van der Waals surface area contributed by atoms with E-state index < -0.39 is 0 Å². The molecular weight excluding hydrogens is 250 g/mol. The summed E-state index contributed by atoms with van der Waals surface area (Å²) in [6.45, 7) is 8.51. The number of hydrogen-bond donors (Lipinski definition) is 2. The van der Waals surface area contributed by atoms with Gasteiger partial charge in [-0.2, -0.15) is 0 Å². The standard InChI is InChI=1S/C12H23N3O2S/c1-12(2,15-3-5-17-6-4-15)8-13-11(16)10-7-18-9-14-10/h10,14H,3-9H2,1-2H3,(H,13,16). The molecule has 2 saturated heterocycles. The Kier molecular flexibility index (Phi) is 4.89. The van der Waals surface area contributed by atoms with E-state index in [4.69, 9.17) is 4.74 Å². The van der Waals surface area contributed by atoms with Crippen LogP contribution < -0.4 is 10.6 Å². The van der Waals surface area contributed by atoms with Crippen LogP contribution in [-0.2, 0) is 9.53 Å². The Balaban J connectivity index is 1.78. The van der Waals surface area contributed by atoms with Crippen molar-refractivity contribution in [2.75, 3.05) is 44.5 Å². The van der Waals surface area contributed by atoms with E-state index in [1.54, 1.807) is 11.8 Å². The molecule has 5 nitrogen and oxygen atoms in total. The lowest BCUT2D eigenvalue weighted by Gasteiger charge is -2.41. The van der Waals surface area contributed by atoms with Crippen LogP contribution in [0.15, 0.2) is 0 Å². The monoisotopic (exact) mass is 273 g/mol. The van der Waals surface area contributed by atoms with Crippen molar-refractivity contribution >= 4 is 17.7 Å². The van der Waals surface area contributed by atoms with Crippen molar-refractivity contribution in [1.29, 1.82) is 0 Å². The molecule has 0 aromatic heterocycles. The molecule has 0 bridgehead atoms. The number of amides is 1. The number of ether oxygens (including phenoxy) is 1. The van der Waals surface area contributed by atoms with E-state index >= 15 is 0 Å². The van der Waals surface area contributed by atoms with Crippen molar-refractivity contribution < 1.29 is 9.53 Å². The zero-order valence-corrected chi connectivity index (χ0v) is 12.0. The van der Waals surface area contributed by atoms with Crippen LogP contribution in [-0.4, -0.2) is 66.9 Å². The largest absolute Gasteiger partial charge is 0.379 e. The van der Waals surface area contributed by atoms with Crippen LogP contribution in [0.25, 0.3) is 0 Å². The van der Waals surface area contributed by atoms with Gasteiger partial charge in [0.15, 0.2) is 0 Å². The van der Waals surface area contributed by atoms with Crippen LogP contribution in [0.2, 0.25) is 0 Å². The van der Waals surface area contributed by atoms with Gasteiger partial charge in [0.05, 0.1) is 19.3 Å². The first kappa shape index (κ1) is 14.1. The molecule has 1 atom stereocenters. The van der Waals surface area contributed by atoms with Gasteiger partial charge in [-0.05, 0) is 13.8 Å². The Bertz CT molecular complexity index is 287. The molecule has 2 aliphatic heterocycles. The van der Waals surface area contributed by atoms with E-state index in [1.807, 2.05) is 0 Å². The predicted octanol–water partition coefficient (Wildman–Crippen LogP) is -0.124. The average molecular weight is 273 g/mol. The summed E-state index contributed by atoms with van der Waals surface area (Å²) in [4.78, 5) is 14.3. The van der Waals surface area contributed by atoms with Crippen LogP contribution in [0, 0.1) is 0 Å². The van der Waals surface area contributed by atoms with Gasteiger partial charge in [-0.1, -0.05) is 0 Å². The first-order valence-corrected chi connectivity index (χ1v) is 7.67. The molecular formula is C12H23N3O2S. The zero-order valence-electron chi connectivity index (χ0n) is 11.2. The van der Waals surface area contributed by atoms with Gasteiger partial charge in [-0.15, -0.1) is 11.8 Å². The summed E-state index contributed by atoms with van der Waals surface area (Å²) in [5, 5.41) is 6.25. The van der Waals surface area contributed by atoms with Crippen LogP contribution in [0.3, 0.4) is 0 Å². The summed E-state index contributed by atoms with van der Waals surface area (Å²) in [6.07, 6.45) is 0. The maximum Gasteiger partial charge on any atom is 0.238 e. The second-order valence-electron chi connectivity index (χ2n) is 5.40. The van der Waals surface area contributed by atoms with Crippen molar-refractivity contribution in [2.24, 2.45) is 0 Å². The number of carbonyl (C=O) groups is 1. The lowest BCUT2D eigenvalue weighted by atomic mass is 10.0. The van der Waals surface area contributed by atoms with E-state index in [0.29, 0.717) is 6.54 Å². The summed E-state index contributed by atoms with van der Waals surface area (Å²) < 4.78 is 5.36. The number of carbonyl (C=O) groups excluding carboxylic acids is 1. The average Bonchev–Trinajstić information content (AvgIpc) is 2.91. The Morgan fingerprint density at radius 1 is 1.50 bits per heavy atom. The lowest BCUT2D eigenvalue weighted by molar-refractivity contribution is -0.123. The van der Waals surface area contributed by atoms with Gasteiger partial charge < -0.3 is 10.1 Å². The normalized spacial score (nSPS) is 26.2. The highest BCUT2D eigenvalue weighted by molar-refractivity contribution is 7.99. The summed E-state index contributed by atoms with van der Waals surface area (Å²) >= 11 is 1.77. The van der Waals surface area contributed by atoms with Gasteiger partial charge in [-0.3, -0.25) is 15.0 Å². The lowest BCUT2D eigenvalue weighted by Crippen LogP contribution is -2.56. The van der Waals surface area contributed by atoms with E-state index in [2.05, 4.69) is 29.4 Å². The minimum Gasteiger partial charge on any atom is -0.379 e. The maximum absolute atomic E-state index is 11.9. The number of nitrogens with one attached hydrogen (secondary N) is 2. The number of nitrogens with zero attached hydrogens (tertiary/aromatic N) is 1. The minimum absolute atomic E-state index is 0.00874. The van der Waals surface area contributed by atoms with E-state index in [-0.39, 0.29) is 17.5 Å². The third kappa shape index (κ3) is 3.60. The minimum atomic E-state index is -0.0181. The molecule has 104 valence electrons. The van der Waals surface area contributed by atoms with Crippen LogP contribution in [0.1, 0.15) is 13.8 Å². The van der Waals surface area contributed by atoms with E-state index in [0.717, 1.165) is 37.9 Å². The molecule has 2 fully saturated rings. The van der Waals surface area contributed by atoms with Gasteiger partial charge in [0.25, 0.3) is 0 Å². The Labute approximate surface area is 113 Å². The molecule has 1 amide bonds. The maximum atomic E-state index is 11.9. The zero-order chi connectivity index (χ0) is 13.0. The summed E-state index contributed by atoms with van der Waals surface area (Å²) in [6, 6.07) is -0.0181. The van der Waals surface area contributed by atoms with Crippen molar-refractivity contribution in [1.82, 2.24) is 15.5 Å². The van der Waals surface area contributed by atoms with Gasteiger partial charge >= 0.3 is 0 Å². The molecule has 2 aliphatic rings. The SMILES string of the molecule is CC(C)(CNC(=O)C1CSCN1)N1CCOCC1. The number of hydrogen-bond acceptors (Lipinski definition) is 5. The van der Waals surface area contributed by atoms with Crippen LogP contribution in [0.5, 0.6) is 0 Å². The first-order valence-electron chi connectivity index (χ1n) is 6.51. The fourth-order valence-corrected chi connectivity index (χ4v) is 3.21. The molecule has 18 heavy (non-hydrogen) atoms. The topological polar surface area (TPSA) is 53.6 Å². The second-order valence-corrected chi connectivity index (χ2v) is 6.43. The molecule has 0 aromatic rings. The summed E-state index contributed by atoms with van der Waals surface area (Å²) in [5.41, 5.74) is -0.00874. The highest BCUT2D eigenvalue weighted by Crippen LogP contribution is 2.15. The van der Waals surface area contributed by atoms with Gasteiger partial charge in [0, 0.05) is 36.8 Å². The fourth-order valence-electron chi connectivity index (χ4n) is 2.27. The molecule has 1 unspecified atom stereocenters. The molecule has 0 radical (unpaired) electrons. The van der Waals surface area contributed by atoms with Crippen molar-refractivity contribution in [3.8, 4) is 0 Å². The second kappa shape index (κ2) is 6.23. The number of thioether (sulfide) groups is 1. The Morgan fingerprint density at radius 2 is 2.22 bits per heavy atom. The van der Waals surface area contributed by atoms with Crippen molar-refractivity contribution in [3.63, 3.8) is 0 Å². The number of rotatable bonds is 4. The van der Waals surface area contributed by atoms with E-state index in [9.17, 15) is 4.79 Å². The molecule has 0 spiro atoms. The molecule has 0 saturated carbocycles. The number of morpholine rings is 1. The molecule has 2 rings (SSSR count). The van der Waals surface area contributed by atoms with Crippen molar-refractivity contribution in [3.05, 3.63) is 0 Å². The van der Waals surface area contributed by atoms with Gasteiger partial charge in [0.1, 0.15) is 0 Å². The van der Waals surface area contributed by atoms with Gasteiger partial charge in [-0.25, -0.2) is 0 Å². The Morgan fingerprint density at radius 3 is 2.83 bits per heavy atom. The Hall–Kier alpha value is -0.300. The first-order chi connectivity index (χ1) is 8.59. The molecule has 6 heteroatoms. The molecule has 2 heterocycles. The third-order valence-corrected chi connectivity index (χ3v) is 4.54. The van der Waals surface area contributed by atoms with Crippen LogP contribution in [0.4, 0.5) is 0 Å². The van der Waals surface area contributed by atoms with Crippen molar-refractivity contribution in [2.45, 2.75) is 25.4 Å². The molecule has 0 aromatic carbocycles. The molecule has 0 aliphatic carbocycles.